The lowest BCUT2D eigenvalue weighted by Gasteiger charge is -2.21. The third-order valence-electron chi connectivity index (χ3n) is 8.86. The topological polar surface area (TPSA) is 0 Å². The highest BCUT2D eigenvalue weighted by Crippen LogP contribution is 2.34. The molecule has 0 bridgehead atoms. The van der Waals surface area contributed by atoms with Crippen molar-refractivity contribution in [3.05, 3.63) is 127 Å². The molecule has 0 atom stereocenters. The normalized spacial score (nSPS) is 11.6. The van der Waals surface area contributed by atoms with Crippen molar-refractivity contribution in [1.29, 1.82) is 0 Å². The molecular formula is C36H38. The smallest absolute Gasteiger partial charge is 0.00113 e. The molecule has 0 amide bonds. The average molecular weight is 471 g/mol. The summed E-state index contributed by atoms with van der Waals surface area (Å²) in [4.78, 5) is 0. The standard InChI is InChI=1S/C36H38/c1-21-15-22(2)26(6)33(25(21)5)19-32-14-13-31-17-29-11-9-10-12-30(29)18-35(31)36(32)20-34-27(7)23(3)16-24(4)28(34)8/h9-18H,19-20H2,1-8H3. The Hall–Kier alpha value is -3.38. The van der Waals surface area contributed by atoms with Crippen LogP contribution in [-0.2, 0) is 12.8 Å². The molecule has 5 aromatic rings. The monoisotopic (exact) mass is 470 g/mol. The molecule has 0 aliphatic heterocycles. The Labute approximate surface area is 217 Å². The van der Waals surface area contributed by atoms with Crippen molar-refractivity contribution >= 4 is 21.5 Å². The van der Waals surface area contributed by atoms with Gasteiger partial charge in [-0.3, -0.25) is 0 Å². The van der Waals surface area contributed by atoms with E-state index in [0.717, 1.165) is 12.8 Å². The molecule has 0 saturated carbocycles. The molecule has 0 nitrogen and oxygen atoms in total. The first-order valence-electron chi connectivity index (χ1n) is 13.2. The first-order valence-corrected chi connectivity index (χ1v) is 13.2. The Morgan fingerprint density at radius 1 is 0.417 bits per heavy atom. The SMILES string of the molecule is Cc1cc(C)c(C)c(Cc2ccc3cc4ccccc4cc3c2Cc2c(C)c(C)cc(C)c2C)c1C. The second-order valence-electron chi connectivity index (χ2n) is 11.0. The van der Waals surface area contributed by atoms with E-state index in [1.807, 2.05) is 0 Å². The molecule has 0 heterocycles. The van der Waals surface area contributed by atoms with Gasteiger partial charge < -0.3 is 0 Å². The van der Waals surface area contributed by atoms with Crippen molar-refractivity contribution in [2.45, 2.75) is 68.2 Å². The molecular weight excluding hydrogens is 432 g/mol. The fourth-order valence-electron chi connectivity index (χ4n) is 5.99. The fraction of sp³-hybridized carbons (Fsp3) is 0.278. The van der Waals surface area contributed by atoms with Gasteiger partial charge in [0.05, 0.1) is 0 Å². The van der Waals surface area contributed by atoms with Gasteiger partial charge in [-0.15, -0.1) is 0 Å². The quantitative estimate of drug-likeness (QED) is 0.229. The van der Waals surface area contributed by atoms with E-state index in [-0.39, 0.29) is 0 Å². The van der Waals surface area contributed by atoms with Gasteiger partial charge in [-0.2, -0.15) is 0 Å². The van der Waals surface area contributed by atoms with Gasteiger partial charge in [0.1, 0.15) is 0 Å². The van der Waals surface area contributed by atoms with Gasteiger partial charge in [0.2, 0.25) is 0 Å². The summed E-state index contributed by atoms with van der Waals surface area (Å²) in [5.41, 5.74) is 17.2. The maximum atomic E-state index is 2.43. The summed E-state index contributed by atoms with van der Waals surface area (Å²) in [7, 11) is 0. The van der Waals surface area contributed by atoms with Crippen LogP contribution in [0.1, 0.15) is 66.8 Å². The van der Waals surface area contributed by atoms with E-state index in [1.165, 1.54) is 88.3 Å². The number of aryl methyl sites for hydroxylation is 4. The molecule has 0 spiro atoms. The van der Waals surface area contributed by atoms with Gasteiger partial charge in [0.25, 0.3) is 0 Å². The third-order valence-corrected chi connectivity index (χ3v) is 8.86. The van der Waals surface area contributed by atoms with Gasteiger partial charge in [-0.05, 0) is 169 Å². The highest BCUT2D eigenvalue weighted by Gasteiger charge is 2.17. The Morgan fingerprint density at radius 3 is 1.42 bits per heavy atom. The molecule has 5 rings (SSSR count). The Morgan fingerprint density at radius 2 is 0.889 bits per heavy atom. The maximum Gasteiger partial charge on any atom is -0.00113 e. The third kappa shape index (κ3) is 4.13. The molecule has 0 unspecified atom stereocenters. The molecule has 0 N–H and O–H groups in total. The summed E-state index contributed by atoms with van der Waals surface area (Å²) in [6.45, 7) is 18.2. The van der Waals surface area contributed by atoms with Crippen LogP contribution in [0, 0.1) is 55.4 Å². The average Bonchev–Trinajstić information content (AvgIpc) is 2.86. The van der Waals surface area contributed by atoms with Crippen LogP contribution in [-0.4, -0.2) is 0 Å². The van der Waals surface area contributed by atoms with E-state index in [9.17, 15) is 0 Å². The van der Waals surface area contributed by atoms with Crippen molar-refractivity contribution in [3.8, 4) is 0 Å². The van der Waals surface area contributed by atoms with Crippen LogP contribution >= 0.6 is 0 Å². The molecule has 0 aromatic heterocycles. The van der Waals surface area contributed by atoms with Crippen LogP contribution in [0.2, 0.25) is 0 Å². The second kappa shape index (κ2) is 9.25. The maximum absolute atomic E-state index is 2.43. The lowest BCUT2D eigenvalue weighted by atomic mass is 9.83. The molecule has 0 aliphatic carbocycles. The summed E-state index contributed by atoms with van der Waals surface area (Å²) < 4.78 is 0. The highest BCUT2D eigenvalue weighted by molar-refractivity contribution is 6.00. The van der Waals surface area contributed by atoms with E-state index in [2.05, 4.69) is 116 Å². The molecule has 36 heavy (non-hydrogen) atoms. The number of rotatable bonds is 4. The summed E-state index contributed by atoms with van der Waals surface area (Å²) in [5, 5.41) is 5.35. The number of hydrogen-bond acceptors (Lipinski definition) is 0. The number of hydrogen-bond donors (Lipinski definition) is 0. The molecule has 0 fully saturated rings. The molecule has 182 valence electrons. The molecule has 0 saturated heterocycles. The fourth-order valence-corrected chi connectivity index (χ4v) is 5.99. The van der Waals surface area contributed by atoms with Gasteiger partial charge in [0, 0.05) is 0 Å². The van der Waals surface area contributed by atoms with Crippen LogP contribution < -0.4 is 0 Å². The Balaban J connectivity index is 1.78. The molecule has 0 heteroatoms. The lowest BCUT2D eigenvalue weighted by molar-refractivity contribution is 1.03. The first-order chi connectivity index (χ1) is 17.2. The zero-order valence-corrected chi connectivity index (χ0v) is 23.2. The minimum Gasteiger partial charge on any atom is -0.0616 e. The summed E-state index contributed by atoms with van der Waals surface area (Å²) in [6.07, 6.45) is 1.94. The summed E-state index contributed by atoms with van der Waals surface area (Å²) in [6, 6.07) is 23.0. The van der Waals surface area contributed by atoms with Crippen molar-refractivity contribution in [2.75, 3.05) is 0 Å². The van der Waals surface area contributed by atoms with E-state index in [1.54, 1.807) is 0 Å². The molecule has 0 radical (unpaired) electrons. The van der Waals surface area contributed by atoms with Crippen molar-refractivity contribution in [1.82, 2.24) is 0 Å². The van der Waals surface area contributed by atoms with Crippen LogP contribution in [0.4, 0.5) is 0 Å². The predicted molar refractivity (Wildman–Crippen MR) is 158 cm³/mol. The minimum absolute atomic E-state index is 0.966. The summed E-state index contributed by atoms with van der Waals surface area (Å²) >= 11 is 0. The lowest BCUT2D eigenvalue weighted by Crippen LogP contribution is -2.06. The van der Waals surface area contributed by atoms with E-state index < -0.39 is 0 Å². The summed E-state index contributed by atoms with van der Waals surface area (Å²) in [5.74, 6) is 0. The van der Waals surface area contributed by atoms with Crippen molar-refractivity contribution in [3.63, 3.8) is 0 Å². The minimum atomic E-state index is 0.966. The van der Waals surface area contributed by atoms with Crippen molar-refractivity contribution < 1.29 is 0 Å². The zero-order chi connectivity index (χ0) is 25.7. The number of fused-ring (bicyclic) bond motifs is 2. The van der Waals surface area contributed by atoms with E-state index >= 15 is 0 Å². The van der Waals surface area contributed by atoms with Crippen LogP contribution in [0.15, 0.2) is 60.7 Å². The zero-order valence-electron chi connectivity index (χ0n) is 23.2. The number of benzene rings is 5. The highest BCUT2D eigenvalue weighted by atomic mass is 14.2. The van der Waals surface area contributed by atoms with E-state index in [4.69, 9.17) is 0 Å². The van der Waals surface area contributed by atoms with Gasteiger partial charge in [0.15, 0.2) is 0 Å². The Bertz CT molecular complexity index is 1590. The van der Waals surface area contributed by atoms with Crippen LogP contribution in [0.3, 0.4) is 0 Å². The second-order valence-corrected chi connectivity index (χ2v) is 11.0. The molecule has 0 aliphatic rings. The van der Waals surface area contributed by atoms with Crippen LogP contribution in [0.5, 0.6) is 0 Å². The Kier molecular flexibility index (Phi) is 6.25. The van der Waals surface area contributed by atoms with Crippen LogP contribution in [0.25, 0.3) is 21.5 Å². The van der Waals surface area contributed by atoms with Gasteiger partial charge >= 0.3 is 0 Å². The van der Waals surface area contributed by atoms with Crippen molar-refractivity contribution in [2.24, 2.45) is 0 Å². The predicted octanol–water partition coefficient (Wildman–Crippen LogP) is 9.64. The van der Waals surface area contributed by atoms with Gasteiger partial charge in [-0.1, -0.05) is 48.5 Å². The largest absolute Gasteiger partial charge is 0.0616 e. The van der Waals surface area contributed by atoms with Gasteiger partial charge in [-0.25, -0.2) is 0 Å². The van der Waals surface area contributed by atoms with E-state index in [0.29, 0.717) is 0 Å². The first kappa shape index (κ1) is 24.3. The molecule has 5 aromatic carbocycles.